The lowest BCUT2D eigenvalue weighted by Crippen LogP contribution is -2.48. The second-order valence-electron chi connectivity index (χ2n) is 5.79. The van der Waals surface area contributed by atoms with Crippen LogP contribution in [0.3, 0.4) is 0 Å². The fourth-order valence-corrected chi connectivity index (χ4v) is 3.27. The highest BCUT2D eigenvalue weighted by Crippen LogP contribution is 2.41. The maximum Gasteiger partial charge on any atom is 0.0236 e. The molecule has 1 saturated carbocycles. The maximum absolute atomic E-state index is 5.95. The van der Waals surface area contributed by atoms with Gasteiger partial charge in [0.25, 0.3) is 0 Å². The van der Waals surface area contributed by atoms with Crippen LogP contribution in [0.4, 0.5) is 0 Å². The third-order valence-electron chi connectivity index (χ3n) is 4.62. The molecule has 0 amide bonds. The predicted octanol–water partition coefficient (Wildman–Crippen LogP) is 2.17. The summed E-state index contributed by atoms with van der Waals surface area (Å²) in [6.45, 7) is 4.40. The van der Waals surface area contributed by atoms with E-state index in [0.717, 1.165) is 13.1 Å². The zero-order chi connectivity index (χ0) is 11.7. The van der Waals surface area contributed by atoms with Gasteiger partial charge in [-0.1, -0.05) is 30.7 Å². The normalized spacial score (nSPS) is 22.9. The minimum Gasteiger partial charge on any atom is -0.330 e. The van der Waals surface area contributed by atoms with E-state index in [1.54, 1.807) is 5.56 Å². The second-order valence-corrected chi connectivity index (χ2v) is 5.79. The Kier molecular flexibility index (Phi) is 2.93. The zero-order valence-electron chi connectivity index (χ0n) is 10.5. The van der Waals surface area contributed by atoms with E-state index in [1.807, 2.05) is 0 Å². The number of fused-ring (bicyclic) bond motifs is 1. The van der Waals surface area contributed by atoms with E-state index >= 15 is 0 Å². The van der Waals surface area contributed by atoms with E-state index in [2.05, 4.69) is 29.2 Å². The Hall–Kier alpha value is -0.860. The first-order valence-corrected chi connectivity index (χ1v) is 6.81. The molecule has 0 spiro atoms. The van der Waals surface area contributed by atoms with Crippen LogP contribution < -0.4 is 5.73 Å². The molecule has 3 rings (SSSR count). The summed E-state index contributed by atoms with van der Waals surface area (Å²) >= 11 is 0. The van der Waals surface area contributed by atoms with Crippen molar-refractivity contribution < 1.29 is 0 Å². The maximum atomic E-state index is 5.95. The van der Waals surface area contributed by atoms with Crippen molar-refractivity contribution in [2.45, 2.75) is 32.2 Å². The first-order valence-electron chi connectivity index (χ1n) is 6.81. The second kappa shape index (κ2) is 4.43. The van der Waals surface area contributed by atoms with Gasteiger partial charge in [0, 0.05) is 19.6 Å². The van der Waals surface area contributed by atoms with Crippen molar-refractivity contribution in [1.29, 1.82) is 0 Å². The van der Waals surface area contributed by atoms with E-state index in [1.165, 1.54) is 44.3 Å². The number of benzene rings is 1. The zero-order valence-corrected chi connectivity index (χ0v) is 10.5. The van der Waals surface area contributed by atoms with Crippen LogP contribution in [0.2, 0.25) is 0 Å². The van der Waals surface area contributed by atoms with Crippen LogP contribution in [-0.4, -0.2) is 24.5 Å². The van der Waals surface area contributed by atoms with Crippen LogP contribution in [0, 0.1) is 5.41 Å². The van der Waals surface area contributed by atoms with Crippen LogP contribution in [0.5, 0.6) is 0 Å². The van der Waals surface area contributed by atoms with Gasteiger partial charge in [-0.05, 0) is 42.3 Å². The molecule has 1 aliphatic carbocycles. The van der Waals surface area contributed by atoms with Crippen LogP contribution in [-0.2, 0) is 13.0 Å². The highest BCUT2D eigenvalue weighted by molar-refractivity contribution is 5.29. The fraction of sp³-hybridized carbons (Fsp3) is 0.600. The van der Waals surface area contributed by atoms with E-state index in [-0.39, 0.29) is 0 Å². The van der Waals surface area contributed by atoms with Gasteiger partial charge >= 0.3 is 0 Å². The Morgan fingerprint density at radius 1 is 1.18 bits per heavy atom. The Bertz CT molecular complexity index is 390. The van der Waals surface area contributed by atoms with Crippen molar-refractivity contribution in [3.05, 3.63) is 35.4 Å². The van der Waals surface area contributed by atoms with Crippen LogP contribution in [0.1, 0.15) is 30.4 Å². The molecule has 0 aromatic heterocycles. The summed E-state index contributed by atoms with van der Waals surface area (Å²) in [4.78, 5) is 2.61. The third-order valence-corrected chi connectivity index (χ3v) is 4.62. The van der Waals surface area contributed by atoms with Crippen molar-refractivity contribution in [2.75, 3.05) is 19.6 Å². The number of nitrogens with two attached hydrogens (primary N) is 1. The Morgan fingerprint density at radius 2 is 1.94 bits per heavy atom. The average molecular weight is 230 g/mol. The summed E-state index contributed by atoms with van der Waals surface area (Å²) in [5, 5.41) is 0. The topological polar surface area (TPSA) is 29.3 Å². The molecule has 0 radical (unpaired) electrons. The number of hydrogen-bond acceptors (Lipinski definition) is 2. The van der Waals surface area contributed by atoms with Crippen molar-refractivity contribution in [3.63, 3.8) is 0 Å². The molecule has 1 aromatic rings. The van der Waals surface area contributed by atoms with E-state index in [0.29, 0.717) is 5.41 Å². The lowest BCUT2D eigenvalue weighted by atomic mass is 9.68. The molecule has 1 heterocycles. The van der Waals surface area contributed by atoms with Gasteiger partial charge in [-0.15, -0.1) is 0 Å². The van der Waals surface area contributed by atoms with Gasteiger partial charge in [-0.3, -0.25) is 4.90 Å². The first-order chi connectivity index (χ1) is 8.31. The monoisotopic (exact) mass is 230 g/mol. The van der Waals surface area contributed by atoms with E-state index in [4.69, 9.17) is 5.73 Å². The quantitative estimate of drug-likeness (QED) is 0.862. The molecule has 2 aliphatic rings. The van der Waals surface area contributed by atoms with Gasteiger partial charge in [-0.25, -0.2) is 0 Å². The predicted molar refractivity (Wildman–Crippen MR) is 70.8 cm³/mol. The summed E-state index contributed by atoms with van der Waals surface area (Å²) < 4.78 is 0. The number of rotatable bonds is 3. The number of hydrogen-bond donors (Lipinski definition) is 1. The molecule has 2 N–H and O–H groups in total. The summed E-state index contributed by atoms with van der Waals surface area (Å²) in [7, 11) is 0. The Balaban J connectivity index is 1.68. The molecule has 0 saturated heterocycles. The van der Waals surface area contributed by atoms with E-state index < -0.39 is 0 Å². The van der Waals surface area contributed by atoms with Gasteiger partial charge in [-0.2, -0.15) is 0 Å². The highest BCUT2D eigenvalue weighted by atomic mass is 15.1. The van der Waals surface area contributed by atoms with Crippen LogP contribution in [0.15, 0.2) is 24.3 Å². The molecular formula is C15H22N2. The first kappa shape index (κ1) is 11.2. The van der Waals surface area contributed by atoms with Crippen molar-refractivity contribution in [3.8, 4) is 0 Å². The minimum atomic E-state index is 0.451. The fourth-order valence-electron chi connectivity index (χ4n) is 3.27. The van der Waals surface area contributed by atoms with Crippen LogP contribution in [0.25, 0.3) is 0 Å². The number of nitrogens with zero attached hydrogens (tertiary/aromatic N) is 1. The van der Waals surface area contributed by atoms with Crippen molar-refractivity contribution >= 4 is 0 Å². The molecule has 92 valence electrons. The summed E-state index contributed by atoms with van der Waals surface area (Å²) in [5.41, 5.74) is 9.46. The van der Waals surface area contributed by atoms with Crippen molar-refractivity contribution in [2.24, 2.45) is 11.1 Å². The van der Waals surface area contributed by atoms with Gasteiger partial charge in [0.15, 0.2) is 0 Å². The Morgan fingerprint density at radius 3 is 2.59 bits per heavy atom. The molecule has 1 aliphatic heterocycles. The lowest BCUT2D eigenvalue weighted by Gasteiger charge is -2.45. The van der Waals surface area contributed by atoms with Gasteiger partial charge in [0.1, 0.15) is 0 Å². The molecule has 2 nitrogen and oxygen atoms in total. The molecule has 0 bridgehead atoms. The van der Waals surface area contributed by atoms with Gasteiger partial charge < -0.3 is 5.73 Å². The third kappa shape index (κ3) is 2.12. The summed E-state index contributed by atoms with van der Waals surface area (Å²) in [6, 6.07) is 8.86. The molecule has 0 unspecified atom stereocenters. The summed E-state index contributed by atoms with van der Waals surface area (Å²) in [5.74, 6) is 0. The molecule has 17 heavy (non-hydrogen) atoms. The largest absolute Gasteiger partial charge is 0.330 e. The minimum absolute atomic E-state index is 0.451. The van der Waals surface area contributed by atoms with Gasteiger partial charge in [0.05, 0.1) is 0 Å². The van der Waals surface area contributed by atoms with Crippen LogP contribution >= 0.6 is 0 Å². The van der Waals surface area contributed by atoms with Crippen molar-refractivity contribution in [1.82, 2.24) is 4.90 Å². The lowest BCUT2D eigenvalue weighted by molar-refractivity contribution is 0.0680. The average Bonchev–Trinajstić information content (AvgIpc) is 2.34. The molecular weight excluding hydrogens is 208 g/mol. The SMILES string of the molecule is NCC1(CN2CCc3ccccc3C2)CCC1. The van der Waals surface area contributed by atoms with E-state index in [9.17, 15) is 0 Å². The molecule has 2 heteroatoms. The highest BCUT2D eigenvalue weighted by Gasteiger charge is 2.37. The Labute approximate surface area is 104 Å². The molecule has 1 fully saturated rings. The molecule has 1 aromatic carbocycles. The summed E-state index contributed by atoms with van der Waals surface area (Å²) in [6.07, 6.45) is 5.25. The smallest absolute Gasteiger partial charge is 0.0236 e. The standard InChI is InChI=1S/C15H22N2/c16-11-15(7-3-8-15)12-17-9-6-13-4-1-2-5-14(13)10-17/h1-2,4-5H,3,6-12,16H2. The van der Waals surface area contributed by atoms with Gasteiger partial charge in [0.2, 0.25) is 0 Å². The molecule has 0 atom stereocenters.